The first-order valence-corrected chi connectivity index (χ1v) is 5.59. The van der Waals surface area contributed by atoms with Crippen LogP contribution in [0.5, 0.6) is 0 Å². The SMILES string of the molecule is CS(=O)(=O)N[C@@H]1CC[C@H](N)C1. The number of nitrogens with one attached hydrogen (secondary N) is 1. The summed E-state index contributed by atoms with van der Waals surface area (Å²) in [5.74, 6) is 0. The molecule has 0 unspecified atom stereocenters. The van der Waals surface area contributed by atoms with Crippen molar-refractivity contribution in [1.82, 2.24) is 4.72 Å². The predicted molar refractivity (Wildman–Crippen MR) is 43.6 cm³/mol. The molecule has 0 saturated heterocycles. The lowest BCUT2D eigenvalue weighted by Gasteiger charge is -2.08. The van der Waals surface area contributed by atoms with Gasteiger partial charge in [-0.05, 0) is 19.3 Å². The summed E-state index contributed by atoms with van der Waals surface area (Å²) in [6, 6.07) is 0.245. The van der Waals surface area contributed by atoms with E-state index < -0.39 is 10.0 Å². The van der Waals surface area contributed by atoms with Crippen LogP contribution in [0, 0.1) is 0 Å². The summed E-state index contributed by atoms with van der Waals surface area (Å²) in [6.07, 6.45) is 3.74. The minimum atomic E-state index is -3.04. The van der Waals surface area contributed by atoms with E-state index in [1.807, 2.05) is 0 Å². The second-order valence-corrected chi connectivity index (χ2v) is 4.94. The minimum Gasteiger partial charge on any atom is -0.328 e. The lowest BCUT2D eigenvalue weighted by molar-refractivity contribution is 0.554. The molecular weight excluding hydrogens is 164 g/mol. The zero-order valence-corrected chi connectivity index (χ0v) is 7.39. The van der Waals surface area contributed by atoms with Gasteiger partial charge in [-0.25, -0.2) is 13.1 Å². The maximum absolute atomic E-state index is 10.7. The molecule has 66 valence electrons. The molecule has 0 bridgehead atoms. The van der Waals surface area contributed by atoms with Crippen molar-refractivity contribution in [3.63, 3.8) is 0 Å². The minimum absolute atomic E-state index is 0.0694. The third-order valence-electron chi connectivity index (χ3n) is 1.85. The van der Waals surface area contributed by atoms with Gasteiger partial charge in [0.1, 0.15) is 0 Å². The zero-order valence-electron chi connectivity index (χ0n) is 6.58. The highest BCUT2D eigenvalue weighted by atomic mass is 32.2. The van der Waals surface area contributed by atoms with Gasteiger partial charge >= 0.3 is 0 Å². The molecule has 0 radical (unpaired) electrons. The van der Waals surface area contributed by atoms with Gasteiger partial charge < -0.3 is 5.73 Å². The molecule has 1 saturated carbocycles. The Labute approximate surface area is 67.2 Å². The van der Waals surface area contributed by atoms with Gasteiger partial charge in [0.25, 0.3) is 0 Å². The van der Waals surface area contributed by atoms with E-state index in [0.29, 0.717) is 0 Å². The van der Waals surface area contributed by atoms with E-state index >= 15 is 0 Å². The molecule has 0 spiro atoms. The fraction of sp³-hybridized carbons (Fsp3) is 1.00. The third-order valence-corrected chi connectivity index (χ3v) is 2.62. The highest BCUT2D eigenvalue weighted by molar-refractivity contribution is 7.88. The van der Waals surface area contributed by atoms with Gasteiger partial charge in [-0.3, -0.25) is 0 Å². The second kappa shape index (κ2) is 3.08. The van der Waals surface area contributed by atoms with Crippen LogP contribution in [0.2, 0.25) is 0 Å². The Bertz CT molecular complexity index is 225. The van der Waals surface area contributed by atoms with Crippen LogP contribution >= 0.6 is 0 Å². The highest BCUT2D eigenvalue weighted by Gasteiger charge is 2.23. The Morgan fingerprint density at radius 2 is 2.09 bits per heavy atom. The van der Waals surface area contributed by atoms with E-state index in [2.05, 4.69) is 4.72 Å². The normalized spacial score (nSPS) is 32.5. The molecule has 1 fully saturated rings. The van der Waals surface area contributed by atoms with Gasteiger partial charge in [-0.1, -0.05) is 0 Å². The summed E-state index contributed by atoms with van der Waals surface area (Å²) in [5, 5.41) is 0. The van der Waals surface area contributed by atoms with E-state index in [1.165, 1.54) is 6.26 Å². The van der Waals surface area contributed by atoms with Crippen molar-refractivity contribution in [2.24, 2.45) is 5.73 Å². The Balaban J connectivity index is 2.41. The first kappa shape index (κ1) is 8.96. The van der Waals surface area contributed by atoms with Crippen molar-refractivity contribution in [3.05, 3.63) is 0 Å². The number of sulfonamides is 1. The molecule has 4 nitrogen and oxygen atoms in total. The van der Waals surface area contributed by atoms with Crippen LogP contribution in [0.15, 0.2) is 0 Å². The zero-order chi connectivity index (χ0) is 8.48. The lowest BCUT2D eigenvalue weighted by Crippen LogP contribution is -2.33. The second-order valence-electron chi connectivity index (χ2n) is 3.16. The van der Waals surface area contributed by atoms with Crippen molar-refractivity contribution in [2.75, 3.05) is 6.26 Å². The molecule has 3 N–H and O–H groups in total. The van der Waals surface area contributed by atoms with Crippen molar-refractivity contribution in [1.29, 1.82) is 0 Å². The molecule has 0 heterocycles. The first-order valence-electron chi connectivity index (χ1n) is 3.70. The van der Waals surface area contributed by atoms with Gasteiger partial charge in [-0.15, -0.1) is 0 Å². The Morgan fingerprint density at radius 3 is 2.45 bits per heavy atom. The van der Waals surface area contributed by atoms with Crippen LogP contribution < -0.4 is 10.5 Å². The van der Waals surface area contributed by atoms with Crippen molar-refractivity contribution in [2.45, 2.75) is 31.3 Å². The van der Waals surface area contributed by atoms with Gasteiger partial charge in [0.05, 0.1) is 6.26 Å². The summed E-state index contributed by atoms with van der Waals surface area (Å²) >= 11 is 0. The maximum atomic E-state index is 10.7. The standard InChI is InChI=1S/C6H14N2O2S/c1-11(9,10)8-6-3-2-5(7)4-6/h5-6,8H,2-4,7H2,1H3/t5-,6+/m0/s1. The molecule has 5 heteroatoms. The van der Waals surface area contributed by atoms with E-state index in [-0.39, 0.29) is 12.1 Å². The Hall–Kier alpha value is -0.130. The van der Waals surface area contributed by atoms with Crippen LogP contribution in [0.1, 0.15) is 19.3 Å². The summed E-state index contributed by atoms with van der Waals surface area (Å²) < 4.78 is 24.0. The number of hydrogen-bond donors (Lipinski definition) is 2. The van der Waals surface area contributed by atoms with Crippen molar-refractivity contribution < 1.29 is 8.42 Å². The average molecular weight is 178 g/mol. The molecule has 1 aliphatic rings. The van der Waals surface area contributed by atoms with Crippen LogP contribution in [-0.2, 0) is 10.0 Å². The largest absolute Gasteiger partial charge is 0.328 e. The highest BCUT2D eigenvalue weighted by Crippen LogP contribution is 2.17. The Morgan fingerprint density at radius 1 is 1.45 bits per heavy atom. The molecule has 1 aliphatic carbocycles. The van der Waals surface area contributed by atoms with E-state index in [1.54, 1.807) is 0 Å². The fourth-order valence-corrected chi connectivity index (χ4v) is 2.25. The topological polar surface area (TPSA) is 72.2 Å². The van der Waals surface area contributed by atoms with Crippen LogP contribution in [0.25, 0.3) is 0 Å². The van der Waals surface area contributed by atoms with Crippen molar-refractivity contribution >= 4 is 10.0 Å². The maximum Gasteiger partial charge on any atom is 0.208 e. The molecule has 0 aromatic heterocycles. The molecular formula is C6H14N2O2S. The smallest absolute Gasteiger partial charge is 0.208 e. The van der Waals surface area contributed by atoms with E-state index in [9.17, 15) is 8.42 Å². The Kier molecular flexibility index (Phi) is 2.51. The number of rotatable bonds is 2. The molecule has 2 atom stereocenters. The summed E-state index contributed by atoms with van der Waals surface area (Å²) in [7, 11) is -3.04. The molecule has 0 aromatic carbocycles. The monoisotopic (exact) mass is 178 g/mol. The van der Waals surface area contributed by atoms with Crippen molar-refractivity contribution in [3.8, 4) is 0 Å². The van der Waals surface area contributed by atoms with E-state index in [0.717, 1.165) is 19.3 Å². The number of hydrogen-bond acceptors (Lipinski definition) is 3. The summed E-state index contributed by atoms with van der Waals surface area (Å²) in [6.45, 7) is 0. The van der Waals surface area contributed by atoms with Gasteiger partial charge in [0.2, 0.25) is 10.0 Å². The molecule has 0 aromatic rings. The number of nitrogens with two attached hydrogens (primary N) is 1. The average Bonchev–Trinajstić information content (AvgIpc) is 2.10. The van der Waals surface area contributed by atoms with Crippen LogP contribution in [0.3, 0.4) is 0 Å². The lowest BCUT2D eigenvalue weighted by atomic mass is 10.2. The van der Waals surface area contributed by atoms with Crippen LogP contribution in [0.4, 0.5) is 0 Å². The molecule has 11 heavy (non-hydrogen) atoms. The van der Waals surface area contributed by atoms with Crippen LogP contribution in [-0.4, -0.2) is 26.8 Å². The molecule has 1 rings (SSSR count). The third kappa shape index (κ3) is 3.18. The van der Waals surface area contributed by atoms with Gasteiger partial charge in [0.15, 0.2) is 0 Å². The quantitative estimate of drug-likeness (QED) is 0.594. The molecule has 0 amide bonds. The fourth-order valence-electron chi connectivity index (χ4n) is 1.43. The summed E-state index contributed by atoms with van der Waals surface area (Å²) in [4.78, 5) is 0. The van der Waals surface area contributed by atoms with Gasteiger partial charge in [-0.2, -0.15) is 0 Å². The predicted octanol–water partition coefficient (Wildman–Crippen LogP) is -0.585. The van der Waals surface area contributed by atoms with E-state index in [4.69, 9.17) is 5.73 Å². The van der Waals surface area contributed by atoms with Gasteiger partial charge in [0, 0.05) is 12.1 Å². The molecule has 0 aliphatic heterocycles. The summed E-state index contributed by atoms with van der Waals surface area (Å²) in [5.41, 5.74) is 5.61. The first-order chi connectivity index (χ1) is 4.97.